The van der Waals surface area contributed by atoms with Crippen LogP contribution in [0, 0.1) is 6.92 Å². The molecule has 0 aromatic heterocycles. The highest BCUT2D eigenvalue weighted by atomic mass is 79.9. The van der Waals surface area contributed by atoms with E-state index in [2.05, 4.69) is 26.0 Å². The van der Waals surface area contributed by atoms with Crippen LogP contribution in [0.3, 0.4) is 0 Å². The van der Waals surface area contributed by atoms with E-state index in [1.807, 2.05) is 6.92 Å². The van der Waals surface area contributed by atoms with Gasteiger partial charge in [-0.2, -0.15) is 0 Å². The number of carbonyl (C=O) groups is 1. The molecule has 0 bridgehead atoms. The molecule has 0 radical (unpaired) electrons. The monoisotopic (exact) mass is 346 g/mol. The molecule has 0 spiro atoms. The molecule has 0 heterocycles. The molecule has 0 atom stereocenters. The van der Waals surface area contributed by atoms with Crippen LogP contribution in [-0.4, -0.2) is 26.9 Å². The second-order valence-electron chi connectivity index (χ2n) is 4.58. The second-order valence-corrected chi connectivity index (χ2v) is 7.20. The van der Waals surface area contributed by atoms with Gasteiger partial charge in [-0.3, -0.25) is 4.79 Å². The van der Waals surface area contributed by atoms with E-state index in [1.54, 1.807) is 12.1 Å². The van der Waals surface area contributed by atoms with Crippen molar-refractivity contribution in [3.63, 3.8) is 0 Å². The Morgan fingerprint density at radius 2 is 2.11 bits per heavy atom. The molecule has 1 aliphatic carbocycles. The van der Waals surface area contributed by atoms with Crippen molar-refractivity contribution in [2.45, 2.75) is 30.7 Å². The minimum Gasteiger partial charge on any atom is -0.352 e. The van der Waals surface area contributed by atoms with Crippen molar-refractivity contribution < 1.29 is 13.2 Å². The van der Waals surface area contributed by atoms with Gasteiger partial charge in [0.2, 0.25) is 15.9 Å². The Bertz CT molecular complexity index is 597. The van der Waals surface area contributed by atoms with Gasteiger partial charge in [0.15, 0.2) is 0 Å². The molecule has 19 heavy (non-hydrogen) atoms. The number of aryl methyl sites for hydroxylation is 1. The predicted octanol–water partition coefficient (Wildman–Crippen LogP) is 1.31. The SMILES string of the molecule is Cc1cc(S(=O)(=O)NCC(=O)NC2CC2)ccc1Br. The normalized spacial score (nSPS) is 15.3. The van der Waals surface area contributed by atoms with Gasteiger partial charge in [0.1, 0.15) is 0 Å². The number of halogens is 1. The smallest absolute Gasteiger partial charge is 0.241 e. The number of carbonyl (C=O) groups excluding carboxylic acids is 1. The van der Waals surface area contributed by atoms with Crippen LogP contribution in [0.5, 0.6) is 0 Å². The third-order valence-electron chi connectivity index (χ3n) is 2.80. The van der Waals surface area contributed by atoms with E-state index in [0.717, 1.165) is 22.9 Å². The highest BCUT2D eigenvalue weighted by Gasteiger charge is 2.24. The van der Waals surface area contributed by atoms with Gasteiger partial charge in [0, 0.05) is 10.5 Å². The number of hydrogen-bond donors (Lipinski definition) is 2. The van der Waals surface area contributed by atoms with Gasteiger partial charge in [-0.05, 0) is 43.5 Å². The lowest BCUT2D eigenvalue weighted by molar-refractivity contribution is -0.120. The quantitative estimate of drug-likeness (QED) is 0.844. The standard InChI is InChI=1S/C12H15BrN2O3S/c1-8-6-10(4-5-11(8)13)19(17,18)14-7-12(16)15-9-2-3-9/h4-6,9,14H,2-3,7H2,1H3,(H,15,16). The summed E-state index contributed by atoms with van der Waals surface area (Å²) in [7, 11) is -3.64. The van der Waals surface area contributed by atoms with Gasteiger partial charge in [-0.15, -0.1) is 0 Å². The number of hydrogen-bond acceptors (Lipinski definition) is 3. The molecule has 1 aromatic carbocycles. The first kappa shape index (κ1) is 14.5. The molecule has 1 fully saturated rings. The summed E-state index contributed by atoms with van der Waals surface area (Å²) in [5, 5.41) is 2.73. The fraction of sp³-hybridized carbons (Fsp3) is 0.417. The van der Waals surface area contributed by atoms with Crippen LogP contribution in [0.2, 0.25) is 0 Å². The molecule has 0 unspecified atom stereocenters. The van der Waals surface area contributed by atoms with Gasteiger partial charge < -0.3 is 5.32 Å². The summed E-state index contributed by atoms with van der Waals surface area (Å²) in [5.41, 5.74) is 0.824. The lowest BCUT2D eigenvalue weighted by Crippen LogP contribution is -2.37. The Balaban J connectivity index is 2.00. The lowest BCUT2D eigenvalue weighted by atomic mass is 10.2. The lowest BCUT2D eigenvalue weighted by Gasteiger charge is -2.08. The molecule has 1 aliphatic rings. The third kappa shape index (κ3) is 4.02. The van der Waals surface area contributed by atoms with Crippen molar-refractivity contribution in [1.82, 2.24) is 10.0 Å². The number of benzene rings is 1. The summed E-state index contributed by atoms with van der Waals surface area (Å²) < 4.78 is 27.1. The molecule has 0 saturated heterocycles. The van der Waals surface area contributed by atoms with Gasteiger partial charge in [-0.25, -0.2) is 13.1 Å². The summed E-state index contributed by atoms with van der Waals surface area (Å²) in [6.45, 7) is 1.58. The zero-order chi connectivity index (χ0) is 14.0. The molecule has 7 heteroatoms. The van der Waals surface area contributed by atoms with E-state index in [-0.39, 0.29) is 23.4 Å². The Morgan fingerprint density at radius 1 is 1.42 bits per heavy atom. The molecule has 1 aromatic rings. The van der Waals surface area contributed by atoms with Crippen molar-refractivity contribution >= 4 is 31.9 Å². The summed E-state index contributed by atoms with van der Waals surface area (Å²) in [4.78, 5) is 11.6. The van der Waals surface area contributed by atoms with E-state index < -0.39 is 10.0 Å². The molecule has 2 rings (SSSR count). The Kier molecular flexibility index (Phi) is 4.27. The molecule has 0 aliphatic heterocycles. The molecular weight excluding hydrogens is 332 g/mol. The maximum absolute atomic E-state index is 12.0. The van der Waals surface area contributed by atoms with Crippen molar-refractivity contribution in [2.24, 2.45) is 0 Å². The average molecular weight is 347 g/mol. The fourth-order valence-corrected chi connectivity index (χ4v) is 2.85. The first-order chi connectivity index (χ1) is 8.88. The predicted molar refractivity (Wildman–Crippen MR) is 75.2 cm³/mol. The second kappa shape index (κ2) is 5.60. The largest absolute Gasteiger partial charge is 0.352 e. The van der Waals surface area contributed by atoms with Crippen LogP contribution in [-0.2, 0) is 14.8 Å². The number of amides is 1. The van der Waals surface area contributed by atoms with E-state index in [4.69, 9.17) is 0 Å². The molecule has 1 amide bonds. The minimum absolute atomic E-state index is 0.160. The molecule has 1 saturated carbocycles. The van der Waals surface area contributed by atoms with Crippen LogP contribution in [0.25, 0.3) is 0 Å². The zero-order valence-corrected chi connectivity index (χ0v) is 12.8. The fourth-order valence-electron chi connectivity index (χ4n) is 1.53. The molecule has 5 nitrogen and oxygen atoms in total. The topological polar surface area (TPSA) is 75.3 Å². The van der Waals surface area contributed by atoms with Crippen molar-refractivity contribution in [3.8, 4) is 0 Å². The number of nitrogens with one attached hydrogen (secondary N) is 2. The summed E-state index contributed by atoms with van der Waals surface area (Å²) in [5.74, 6) is -0.292. The van der Waals surface area contributed by atoms with Gasteiger partial charge >= 0.3 is 0 Å². The van der Waals surface area contributed by atoms with Gasteiger partial charge in [-0.1, -0.05) is 15.9 Å². The number of rotatable bonds is 5. The average Bonchev–Trinajstić information content (AvgIpc) is 3.14. The van der Waals surface area contributed by atoms with Crippen LogP contribution in [0.1, 0.15) is 18.4 Å². The van der Waals surface area contributed by atoms with Crippen LogP contribution in [0.15, 0.2) is 27.6 Å². The van der Waals surface area contributed by atoms with Crippen LogP contribution in [0.4, 0.5) is 0 Å². The summed E-state index contributed by atoms with van der Waals surface area (Å²) in [6.07, 6.45) is 1.95. The van der Waals surface area contributed by atoms with E-state index in [9.17, 15) is 13.2 Å². The Morgan fingerprint density at radius 3 is 2.68 bits per heavy atom. The van der Waals surface area contributed by atoms with E-state index in [0.29, 0.717) is 0 Å². The Hall–Kier alpha value is -0.920. The Labute approximate surface area is 121 Å². The van der Waals surface area contributed by atoms with Gasteiger partial charge in [0.25, 0.3) is 0 Å². The van der Waals surface area contributed by atoms with Crippen molar-refractivity contribution in [1.29, 1.82) is 0 Å². The first-order valence-corrected chi connectivity index (χ1v) is 8.21. The highest BCUT2D eigenvalue weighted by Crippen LogP contribution is 2.20. The minimum atomic E-state index is -3.64. The van der Waals surface area contributed by atoms with Crippen LogP contribution >= 0.6 is 15.9 Å². The maximum Gasteiger partial charge on any atom is 0.241 e. The summed E-state index contributed by atoms with van der Waals surface area (Å²) >= 11 is 3.31. The van der Waals surface area contributed by atoms with Gasteiger partial charge in [0.05, 0.1) is 11.4 Å². The van der Waals surface area contributed by atoms with Crippen molar-refractivity contribution in [2.75, 3.05) is 6.54 Å². The molecule has 104 valence electrons. The van der Waals surface area contributed by atoms with Crippen LogP contribution < -0.4 is 10.0 Å². The maximum atomic E-state index is 12.0. The summed E-state index contributed by atoms with van der Waals surface area (Å²) in [6, 6.07) is 4.96. The highest BCUT2D eigenvalue weighted by molar-refractivity contribution is 9.10. The van der Waals surface area contributed by atoms with Crippen molar-refractivity contribution in [3.05, 3.63) is 28.2 Å². The third-order valence-corrected chi connectivity index (χ3v) is 5.09. The first-order valence-electron chi connectivity index (χ1n) is 5.94. The van der Waals surface area contributed by atoms with E-state index >= 15 is 0 Å². The molecule has 2 N–H and O–H groups in total. The van der Waals surface area contributed by atoms with E-state index in [1.165, 1.54) is 6.07 Å². The molecular formula is C12H15BrN2O3S. The zero-order valence-electron chi connectivity index (χ0n) is 10.4. The number of sulfonamides is 1.